The van der Waals surface area contributed by atoms with Crippen molar-refractivity contribution in [2.45, 2.75) is 4.90 Å². The first kappa shape index (κ1) is 18.5. The third-order valence-corrected chi connectivity index (χ3v) is 5.51. The molecule has 0 aliphatic heterocycles. The summed E-state index contributed by atoms with van der Waals surface area (Å²) in [6.07, 6.45) is 0. The second-order valence-electron chi connectivity index (χ2n) is 5.43. The minimum absolute atomic E-state index is 0.0248. The van der Waals surface area contributed by atoms with Crippen molar-refractivity contribution in [1.29, 1.82) is 0 Å². The van der Waals surface area contributed by atoms with Gasteiger partial charge in [0.15, 0.2) is 0 Å². The van der Waals surface area contributed by atoms with E-state index in [2.05, 4.69) is 32.5 Å². The van der Waals surface area contributed by atoms with Crippen LogP contribution in [0, 0.1) is 11.8 Å². The van der Waals surface area contributed by atoms with Crippen LogP contribution in [0.3, 0.4) is 0 Å². The molecule has 0 spiro atoms. The topological polar surface area (TPSA) is 55.4 Å². The van der Waals surface area contributed by atoms with Crippen molar-refractivity contribution in [2.75, 3.05) is 13.2 Å². The van der Waals surface area contributed by atoms with Gasteiger partial charge in [0.05, 0.1) is 11.4 Å². The molecule has 0 saturated heterocycles. The average molecular weight is 430 g/mol. The lowest BCUT2D eigenvalue weighted by molar-refractivity contribution is 0.370. The SMILES string of the molecule is O=S(=O)(NCC#CCOc1cccc(Br)c1)c1ccc2ccccc2c1. The molecule has 0 unspecified atom stereocenters. The molecule has 3 aromatic rings. The van der Waals surface area contributed by atoms with Crippen LogP contribution < -0.4 is 9.46 Å². The van der Waals surface area contributed by atoms with Crippen LogP contribution in [0.1, 0.15) is 0 Å². The fourth-order valence-electron chi connectivity index (χ4n) is 2.34. The van der Waals surface area contributed by atoms with Crippen LogP contribution in [0.15, 0.2) is 76.1 Å². The van der Waals surface area contributed by atoms with Gasteiger partial charge >= 0.3 is 0 Å². The lowest BCUT2D eigenvalue weighted by Gasteiger charge is -2.05. The molecule has 26 heavy (non-hydrogen) atoms. The van der Waals surface area contributed by atoms with Crippen LogP contribution in [-0.4, -0.2) is 21.6 Å². The van der Waals surface area contributed by atoms with E-state index in [9.17, 15) is 8.42 Å². The van der Waals surface area contributed by atoms with Crippen molar-refractivity contribution in [3.8, 4) is 17.6 Å². The normalized spacial score (nSPS) is 11.0. The quantitative estimate of drug-likeness (QED) is 0.624. The number of ether oxygens (including phenoxy) is 1. The molecule has 132 valence electrons. The van der Waals surface area contributed by atoms with Gasteiger partial charge in [-0.1, -0.05) is 64.2 Å². The summed E-state index contributed by atoms with van der Waals surface area (Å²) in [5.74, 6) is 6.25. The first-order chi connectivity index (χ1) is 12.5. The molecule has 0 aliphatic carbocycles. The highest BCUT2D eigenvalue weighted by molar-refractivity contribution is 9.10. The van der Waals surface area contributed by atoms with Gasteiger partial charge < -0.3 is 4.74 Å². The minimum atomic E-state index is -3.60. The van der Waals surface area contributed by atoms with Crippen LogP contribution in [0.2, 0.25) is 0 Å². The first-order valence-electron chi connectivity index (χ1n) is 7.87. The molecule has 4 nitrogen and oxygen atoms in total. The standard InChI is InChI=1S/C20H16BrNO3S/c21-18-8-5-9-19(15-18)25-13-4-3-12-22-26(23,24)20-11-10-16-6-1-2-7-17(16)14-20/h1-2,5-11,14-15,22H,12-13H2. The van der Waals surface area contributed by atoms with Gasteiger partial charge in [-0.3, -0.25) is 0 Å². The van der Waals surface area contributed by atoms with Crippen LogP contribution in [-0.2, 0) is 10.0 Å². The predicted octanol–water partition coefficient (Wildman–Crippen LogP) is 3.96. The van der Waals surface area contributed by atoms with E-state index in [1.165, 1.54) is 0 Å². The fourth-order valence-corrected chi connectivity index (χ4v) is 3.68. The van der Waals surface area contributed by atoms with Crippen LogP contribution in [0.4, 0.5) is 0 Å². The van der Waals surface area contributed by atoms with E-state index in [4.69, 9.17) is 4.74 Å². The van der Waals surface area contributed by atoms with E-state index in [1.54, 1.807) is 18.2 Å². The summed E-state index contributed by atoms with van der Waals surface area (Å²) in [6, 6.07) is 20.1. The molecule has 3 rings (SSSR count). The highest BCUT2D eigenvalue weighted by Gasteiger charge is 2.12. The molecule has 1 N–H and O–H groups in total. The summed E-state index contributed by atoms with van der Waals surface area (Å²) in [5.41, 5.74) is 0. The molecule has 6 heteroatoms. The van der Waals surface area contributed by atoms with E-state index in [0.717, 1.165) is 15.2 Å². The Morgan fingerprint density at radius 2 is 1.73 bits per heavy atom. The Bertz CT molecular complexity index is 1080. The molecule has 0 atom stereocenters. The number of rotatable bonds is 5. The van der Waals surface area contributed by atoms with Gasteiger partial charge in [-0.05, 0) is 41.1 Å². The molecule has 0 radical (unpaired) electrons. The third-order valence-electron chi connectivity index (χ3n) is 3.61. The average Bonchev–Trinajstić information content (AvgIpc) is 2.64. The minimum Gasteiger partial charge on any atom is -0.481 e. The summed E-state index contributed by atoms with van der Waals surface area (Å²) in [4.78, 5) is 0.225. The molecule has 0 saturated carbocycles. The van der Waals surface area contributed by atoms with Crippen molar-refractivity contribution >= 4 is 36.7 Å². The number of hydrogen-bond acceptors (Lipinski definition) is 3. The van der Waals surface area contributed by atoms with E-state index < -0.39 is 10.0 Å². The van der Waals surface area contributed by atoms with Crippen molar-refractivity contribution in [1.82, 2.24) is 4.72 Å². The molecule has 0 aliphatic rings. The Balaban J connectivity index is 1.56. The predicted molar refractivity (Wildman–Crippen MR) is 107 cm³/mol. The van der Waals surface area contributed by atoms with Crippen LogP contribution >= 0.6 is 15.9 Å². The summed E-state index contributed by atoms with van der Waals surface area (Å²) < 4.78 is 33.6. The molecular weight excluding hydrogens is 414 g/mol. The van der Waals surface area contributed by atoms with E-state index >= 15 is 0 Å². The van der Waals surface area contributed by atoms with Gasteiger partial charge in [0.2, 0.25) is 10.0 Å². The molecule has 0 heterocycles. The Kier molecular flexibility index (Phi) is 5.94. The number of halogens is 1. The van der Waals surface area contributed by atoms with Crippen molar-refractivity contribution in [2.24, 2.45) is 0 Å². The van der Waals surface area contributed by atoms with E-state index in [-0.39, 0.29) is 18.0 Å². The maximum atomic E-state index is 12.4. The highest BCUT2D eigenvalue weighted by Crippen LogP contribution is 2.19. The van der Waals surface area contributed by atoms with Crippen LogP contribution in [0.5, 0.6) is 5.75 Å². The summed E-state index contributed by atoms with van der Waals surface area (Å²) in [6.45, 7) is 0.213. The maximum Gasteiger partial charge on any atom is 0.241 e. The largest absolute Gasteiger partial charge is 0.481 e. The van der Waals surface area contributed by atoms with E-state index in [0.29, 0.717) is 5.75 Å². The lowest BCUT2D eigenvalue weighted by atomic mass is 10.1. The zero-order valence-corrected chi connectivity index (χ0v) is 16.2. The molecule has 0 aromatic heterocycles. The number of nitrogens with one attached hydrogen (secondary N) is 1. The summed E-state index contributed by atoms with van der Waals surface area (Å²) >= 11 is 3.36. The van der Waals surface area contributed by atoms with Gasteiger partial charge in [0.1, 0.15) is 12.4 Å². The number of fused-ring (bicyclic) bond motifs is 1. The fraction of sp³-hybridized carbons (Fsp3) is 0.100. The second-order valence-corrected chi connectivity index (χ2v) is 8.12. The Labute approximate surface area is 161 Å². The second kappa shape index (κ2) is 8.37. The number of hydrogen-bond donors (Lipinski definition) is 1. The van der Waals surface area contributed by atoms with Gasteiger partial charge in [0.25, 0.3) is 0 Å². The number of benzene rings is 3. The van der Waals surface area contributed by atoms with E-state index in [1.807, 2.05) is 48.5 Å². The first-order valence-corrected chi connectivity index (χ1v) is 10.1. The summed E-state index contributed by atoms with van der Waals surface area (Å²) in [7, 11) is -3.60. The lowest BCUT2D eigenvalue weighted by Crippen LogP contribution is -2.24. The molecule has 0 bridgehead atoms. The highest BCUT2D eigenvalue weighted by atomic mass is 79.9. The Morgan fingerprint density at radius 3 is 2.54 bits per heavy atom. The maximum absolute atomic E-state index is 12.4. The molecular formula is C20H16BrNO3S. The van der Waals surface area contributed by atoms with Crippen molar-refractivity contribution in [3.05, 3.63) is 71.2 Å². The molecule has 0 fully saturated rings. The van der Waals surface area contributed by atoms with Gasteiger partial charge in [-0.15, -0.1) is 0 Å². The number of sulfonamides is 1. The monoisotopic (exact) mass is 429 g/mol. The smallest absolute Gasteiger partial charge is 0.241 e. The molecule has 0 amide bonds. The van der Waals surface area contributed by atoms with Gasteiger partial charge in [-0.2, -0.15) is 4.72 Å². The van der Waals surface area contributed by atoms with Crippen LogP contribution in [0.25, 0.3) is 10.8 Å². The summed E-state index contributed by atoms with van der Waals surface area (Å²) in [5, 5.41) is 1.87. The zero-order chi connectivity index (χ0) is 18.4. The Hall–Kier alpha value is -2.33. The molecule has 3 aromatic carbocycles. The zero-order valence-electron chi connectivity index (χ0n) is 13.8. The van der Waals surface area contributed by atoms with Crippen molar-refractivity contribution < 1.29 is 13.2 Å². The van der Waals surface area contributed by atoms with Gasteiger partial charge in [0, 0.05) is 4.47 Å². The Morgan fingerprint density at radius 1 is 0.923 bits per heavy atom. The van der Waals surface area contributed by atoms with Crippen molar-refractivity contribution in [3.63, 3.8) is 0 Å². The third kappa shape index (κ3) is 4.85. The van der Waals surface area contributed by atoms with Gasteiger partial charge in [-0.25, -0.2) is 8.42 Å².